The van der Waals surface area contributed by atoms with Gasteiger partial charge in [0.25, 0.3) is 5.91 Å². The van der Waals surface area contributed by atoms with Crippen LogP contribution in [0.3, 0.4) is 0 Å². The average molecular weight is 192 g/mol. The molecular formula is C11H16N2O. The molecular weight excluding hydrogens is 176 g/mol. The van der Waals surface area contributed by atoms with Crippen LogP contribution >= 0.6 is 0 Å². The number of hydrogen-bond donors (Lipinski definition) is 2. The van der Waals surface area contributed by atoms with Gasteiger partial charge < -0.3 is 0 Å². The number of carbonyl (C=O) groups excluding carboxylic acids is 1. The number of amides is 1. The van der Waals surface area contributed by atoms with E-state index in [-0.39, 0.29) is 5.91 Å². The fourth-order valence-corrected chi connectivity index (χ4v) is 1.23. The summed E-state index contributed by atoms with van der Waals surface area (Å²) in [7, 11) is 0. The average Bonchev–Trinajstić information content (AvgIpc) is 2.18. The van der Waals surface area contributed by atoms with Crippen molar-refractivity contribution in [2.24, 2.45) is 0 Å². The van der Waals surface area contributed by atoms with Crippen molar-refractivity contribution in [2.75, 3.05) is 6.54 Å². The van der Waals surface area contributed by atoms with Crippen LogP contribution in [0, 0.1) is 13.8 Å². The highest BCUT2D eigenvalue weighted by Crippen LogP contribution is 2.11. The number of aryl methyl sites for hydroxylation is 1. The van der Waals surface area contributed by atoms with Gasteiger partial charge >= 0.3 is 0 Å². The maximum absolute atomic E-state index is 11.6. The molecule has 0 bridgehead atoms. The van der Waals surface area contributed by atoms with E-state index in [1.807, 2.05) is 39.0 Å². The molecule has 0 saturated heterocycles. The molecule has 1 amide bonds. The monoisotopic (exact) mass is 192 g/mol. The summed E-state index contributed by atoms with van der Waals surface area (Å²) in [6.45, 7) is 6.61. The Balaban J connectivity index is 2.84. The quantitative estimate of drug-likeness (QED) is 0.713. The minimum Gasteiger partial charge on any atom is -0.287 e. The molecule has 0 aliphatic rings. The minimum atomic E-state index is -0.0759. The second kappa shape index (κ2) is 4.77. The van der Waals surface area contributed by atoms with Gasteiger partial charge in [-0.05, 0) is 31.0 Å². The summed E-state index contributed by atoms with van der Waals surface area (Å²) in [5, 5.41) is 0. The van der Waals surface area contributed by atoms with Crippen LogP contribution in [0.4, 0.5) is 0 Å². The standard InChI is InChI=1S/C11H16N2O/c1-4-12-13-11(14)10-7-5-6-8(2)9(10)3/h5-7,12H,4H2,1-3H3,(H,13,14). The van der Waals surface area contributed by atoms with Gasteiger partial charge in [0.2, 0.25) is 0 Å². The van der Waals surface area contributed by atoms with E-state index in [1.54, 1.807) is 0 Å². The molecule has 1 aromatic carbocycles. The van der Waals surface area contributed by atoms with Crippen molar-refractivity contribution in [3.8, 4) is 0 Å². The van der Waals surface area contributed by atoms with Crippen molar-refractivity contribution in [2.45, 2.75) is 20.8 Å². The molecule has 3 heteroatoms. The number of hydrazine groups is 1. The highest BCUT2D eigenvalue weighted by molar-refractivity contribution is 5.95. The van der Waals surface area contributed by atoms with Gasteiger partial charge in [-0.25, -0.2) is 5.43 Å². The molecule has 1 rings (SSSR count). The highest BCUT2D eigenvalue weighted by atomic mass is 16.2. The maximum Gasteiger partial charge on any atom is 0.265 e. The largest absolute Gasteiger partial charge is 0.287 e. The van der Waals surface area contributed by atoms with Gasteiger partial charge in [0.1, 0.15) is 0 Å². The normalized spacial score (nSPS) is 9.93. The summed E-state index contributed by atoms with van der Waals surface area (Å²) in [5.74, 6) is -0.0759. The Morgan fingerprint density at radius 1 is 1.36 bits per heavy atom. The van der Waals surface area contributed by atoms with Gasteiger partial charge in [-0.1, -0.05) is 19.1 Å². The first-order chi connectivity index (χ1) is 6.66. The fraction of sp³-hybridized carbons (Fsp3) is 0.364. The van der Waals surface area contributed by atoms with Crippen LogP contribution in [-0.4, -0.2) is 12.5 Å². The second-order valence-electron chi connectivity index (χ2n) is 3.23. The molecule has 0 aliphatic carbocycles. The van der Waals surface area contributed by atoms with Crippen LogP contribution in [0.25, 0.3) is 0 Å². The summed E-state index contributed by atoms with van der Waals surface area (Å²) < 4.78 is 0. The lowest BCUT2D eigenvalue weighted by atomic mass is 10.0. The SMILES string of the molecule is CCNNC(=O)c1cccc(C)c1C. The van der Waals surface area contributed by atoms with E-state index in [0.717, 1.165) is 23.2 Å². The first-order valence-electron chi connectivity index (χ1n) is 4.76. The molecule has 14 heavy (non-hydrogen) atoms. The zero-order chi connectivity index (χ0) is 10.6. The second-order valence-corrected chi connectivity index (χ2v) is 3.23. The molecule has 0 radical (unpaired) electrons. The number of benzene rings is 1. The zero-order valence-electron chi connectivity index (χ0n) is 8.85. The lowest BCUT2D eigenvalue weighted by Gasteiger charge is -2.09. The molecule has 0 saturated carbocycles. The third-order valence-electron chi connectivity index (χ3n) is 2.23. The fourth-order valence-electron chi connectivity index (χ4n) is 1.23. The van der Waals surface area contributed by atoms with E-state index in [9.17, 15) is 4.79 Å². The first kappa shape index (κ1) is 10.7. The summed E-state index contributed by atoms with van der Waals surface area (Å²) in [4.78, 5) is 11.6. The Bertz CT molecular complexity index is 334. The van der Waals surface area contributed by atoms with Crippen molar-refractivity contribution < 1.29 is 4.79 Å². The Hall–Kier alpha value is -1.35. The van der Waals surface area contributed by atoms with Crippen molar-refractivity contribution in [1.82, 2.24) is 10.9 Å². The van der Waals surface area contributed by atoms with Gasteiger partial charge in [-0.2, -0.15) is 0 Å². The van der Waals surface area contributed by atoms with Crippen molar-refractivity contribution >= 4 is 5.91 Å². The number of hydrogen-bond acceptors (Lipinski definition) is 2. The maximum atomic E-state index is 11.6. The van der Waals surface area contributed by atoms with Crippen LogP contribution < -0.4 is 10.9 Å². The Morgan fingerprint density at radius 2 is 2.07 bits per heavy atom. The van der Waals surface area contributed by atoms with Crippen molar-refractivity contribution in [1.29, 1.82) is 0 Å². The van der Waals surface area contributed by atoms with Crippen LogP contribution in [0.5, 0.6) is 0 Å². The smallest absolute Gasteiger partial charge is 0.265 e. The number of rotatable bonds is 3. The summed E-state index contributed by atoms with van der Waals surface area (Å²) in [6, 6.07) is 5.72. The van der Waals surface area contributed by atoms with Gasteiger partial charge in [-0.15, -0.1) is 0 Å². The minimum absolute atomic E-state index is 0.0759. The Kier molecular flexibility index (Phi) is 3.65. The number of nitrogens with one attached hydrogen (secondary N) is 2. The molecule has 0 fully saturated rings. The summed E-state index contributed by atoms with van der Waals surface area (Å²) in [5.41, 5.74) is 8.31. The first-order valence-corrected chi connectivity index (χ1v) is 4.76. The molecule has 76 valence electrons. The molecule has 0 spiro atoms. The Labute approximate surface area is 84.5 Å². The molecule has 0 aromatic heterocycles. The van der Waals surface area contributed by atoms with E-state index in [0.29, 0.717) is 0 Å². The van der Waals surface area contributed by atoms with Gasteiger partial charge in [0.15, 0.2) is 0 Å². The van der Waals surface area contributed by atoms with Gasteiger partial charge in [0.05, 0.1) is 0 Å². The Morgan fingerprint density at radius 3 is 2.71 bits per heavy atom. The van der Waals surface area contributed by atoms with Crippen LogP contribution in [-0.2, 0) is 0 Å². The topological polar surface area (TPSA) is 41.1 Å². The lowest BCUT2D eigenvalue weighted by Crippen LogP contribution is -2.37. The third-order valence-corrected chi connectivity index (χ3v) is 2.23. The third kappa shape index (κ3) is 2.33. The van der Waals surface area contributed by atoms with E-state index in [1.165, 1.54) is 0 Å². The van der Waals surface area contributed by atoms with E-state index in [4.69, 9.17) is 0 Å². The van der Waals surface area contributed by atoms with E-state index < -0.39 is 0 Å². The van der Waals surface area contributed by atoms with Gasteiger partial charge in [-0.3, -0.25) is 10.2 Å². The van der Waals surface area contributed by atoms with Gasteiger partial charge in [0, 0.05) is 12.1 Å². The molecule has 0 heterocycles. The molecule has 2 N–H and O–H groups in total. The molecule has 3 nitrogen and oxygen atoms in total. The van der Waals surface area contributed by atoms with E-state index >= 15 is 0 Å². The predicted octanol–water partition coefficient (Wildman–Crippen LogP) is 1.56. The van der Waals surface area contributed by atoms with Crippen LogP contribution in [0.1, 0.15) is 28.4 Å². The number of carbonyl (C=O) groups is 1. The molecule has 0 aliphatic heterocycles. The zero-order valence-corrected chi connectivity index (χ0v) is 8.85. The highest BCUT2D eigenvalue weighted by Gasteiger charge is 2.08. The molecule has 0 unspecified atom stereocenters. The molecule has 0 atom stereocenters. The lowest BCUT2D eigenvalue weighted by molar-refractivity contribution is 0.0933. The predicted molar refractivity (Wildman–Crippen MR) is 57.1 cm³/mol. The molecule has 1 aromatic rings. The summed E-state index contributed by atoms with van der Waals surface area (Å²) in [6.07, 6.45) is 0. The van der Waals surface area contributed by atoms with Crippen LogP contribution in [0.2, 0.25) is 0 Å². The van der Waals surface area contributed by atoms with Crippen molar-refractivity contribution in [3.63, 3.8) is 0 Å². The van der Waals surface area contributed by atoms with Crippen molar-refractivity contribution in [3.05, 3.63) is 34.9 Å². The van der Waals surface area contributed by atoms with E-state index in [2.05, 4.69) is 10.9 Å². The summed E-state index contributed by atoms with van der Waals surface area (Å²) >= 11 is 0. The van der Waals surface area contributed by atoms with Crippen LogP contribution in [0.15, 0.2) is 18.2 Å².